The second kappa shape index (κ2) is 6.19. The summed E-state index contributed by atoms with van der Waals surface area (Å²) >= 11 is 3.95. The summed E-state index contributed by atoms with van der Waals surface area (Å²) in [7, 11) is -4.77. The Morgan fingerprint density at radius 2 is 2.16 bits per heavy atom. The Morgan fingerprint density at radius 1 is 1.48 bits per heavy atom. The molecule has 0 spiro atoms. The van der Waals surface area contributed by atoms with E-state index in [2.05, 4.69) is 32.4 Å². The molecule has 0 aliphatic carbocycles. The van der Waals surface area contributed by atoms with Gasteiger partial charge in [-0.2, -0.15) is 0 Å². The average Bonchev–Trinajstić information content (AvgIpc) is 2.99. The average molecular weight is 397 g/mol. The number of phosphoric acid groups is 1. The van der Waals surface area contributed by atoms with Crippen molar-refractivity contribution in [3.8, 4) is 0 Å². The fourth-order valence-electron chi connectivity index (χ4n) is 2.56. The Balaban J connectivity index is 1.84. The van der Waals surface area contributed by atoms with Crippen LogP contribution in [0.1, 0.15) is 11.9 Å². The molecule has 15 heteroatoms. The molecule has 1 unspecified atom stereocenters. The van der Waals surface area contributed by atoms with Gasteiger partial charge < -0.3 is 40.9 Å². The van der Waals surface area contributed by atoms with Gasteiger partial charge in [0.25, 0.3) is 5.06 Å². The minimum atomic E-state index is -4.77. The van der Waals surface area contributed by atoms with Crippen molar-refractivity contribution in [3.63, 3.8) is 0 Å². The highest BCUT2D eigenvalue weighted by Crippen LogP contribution is 2.41. The number of nitrogens with one attached hydrogen (secondary N) is 1. The van der Waals surface area contributed by atoms with E-state index in [1.807, 2.05) is 0 Å². The molecule has 0 saturated carbocycles. The molecule has 8 N–H and O–H groups in total. The van der Waals surface area contributed by atoms with Gasteiger partial charge in [0.2, 0.25) is 0 Å². The van der Waals surface area contributed by atoms with Crippen LogP contribution in [0.5, 0.6) is 0 Å². The van der Waals surface area contributed by atoms with Crippen molar-refractivity contribution >= 4 is 32.2 Å². The number of hydrogen-bond acceptors (Lipinski definition) is 11. The monoisotopic (exact) mass is 397 g/mol. The molecule has 0 amide bonds. The highest BCUT2D eigenvalue weighted by Gasteiger charge is 2.47. The number of guanidine groups is 1. The van der Waals surface area contributed by atoms with Crippen LogP contribution in [0.2, 0.25) is 0 Å². The lowest BCUT2D eigenvalue weighted by Gasteiger charge is -2.26. The Kier molecular flexibility index (Phi) is 4.60. The van der Waals surface area contributed by atoms with Gasteiger partial charge in [0.15, 0.2) is 12.2 Å². The Labute approximate surface area is 145 Å². The fraction of sp³-hybridized carbons (Fsp3) is 0.600. The number of anilines is 1. The molecule has 1 saturated heterocycles. The van der Waals surface area contributed by atoms with E-state index in [4.69, 9.17) is 20.3 Å². The molecule has 2 aliphatic heterocycles. The summed E-state index contributed by atoms with van der Waals surface area (Å²) in [4.78, 5) is 25.1. The Morgan fingerprint density at radius 3 is 2.80 bits per heavy atom. The topological polar surface area (TPSA) is 205 Å². The summed E-state index contributed by atoms with van der Waals surface area (Å²) in [6.07, 6.45) is -4.17. The number of aliphatic hydroxyl groups is 3. The molecule has 0 radical (unpaired) electrons. The van der Waals surface area contributed by atoms with Crippen LogP contribution in [0.15, 0.2) is 11.3 Å². The normalized spacial score (nSPS) is 35.2. The predicted octanol–water partition coefficient (Wildman–Crippen LogP) is -2.62. The van der Waals surface area contributed by atoms with Crippen LogP contribution in [0.3, 0.4) is 0 Å². The lowest BCUT2D eigenvalue weighted by Crippen LogP contribution is -2.36. The Bertz CT molecular complexity index is 750. The Hall–Kier alpha value is -1.22. The number of fused-ring (bicyclic) bond motifs is 1. The van der Waals surface area contributed by atoms with E-state index in [9.17, 15) is 19.9 Å². The summed E-state index contributed by atoms with van der Waals surface area (Å²) < 4.78 is 21.7. The van der Waals surface area contributed by atoms with Gasteiger partial charge in [-0.3, -0.25) is 9.09 Å². The summed E-state index contributed by atoms with van der Waals surface area (Å²) in [6.45, 7) is -0.649. The van der Waals surface area contributed by atoms with Crippen LogP contribution in [-0.4, -0.2) is 65.5 Å². The lowest BCUT2D eigenvalue weighted by molar-refractivity contribution is -0.0512. The van der Waals surface area contributed by atoms with Gasteiger partial charge >= 0.3 is 7.82 Å². The summed E-state index contributed by atoms with van der Waals surface area (Å²) in [5.74, 6) is -0.0426. The van der Waals surface area contributed by atoms with E-state index in [0.717, 1.165) is 0 Å². The number of hydrogen-bond donors (Lipinski definition) is 8. The standard InChI is InChI=1S/C10H16N5O8PS/c11-9-13-7-6(10(18,25)14-9)12-2-15(7)8-5(17)4(16)3(23-8)1-22-24(19,20)21/h2-5,8,16-18,25H,1H2,(H3,11,13,14)(H2,19,20,21)/t3-,4-,5-,8-,10?/m1/s1. The largest absolute Gasteiger partial charge is 0.469 e. The molecule has 13 nitrogen and oxygen atoms in total. The molecule has 1 fully saturated rings. The van der Waals surface area contributed by atoms with Crippen molar-refractivity contribution in [3.05, 3.63) is 12.0 Å². The maximum Gasteiger partial charge on any atom is 0.469 e. The maximum absolute atomic E-state index is 10.8. The predicted molar refractivity (Wildman–Crippen MR) is 84.3 cm³/mol. The highest BCUT2D eigenvalue weighted by molar-refractivity contribution is 7.81. The van der Waals surface area contributed by atoms with E-state index in [1.165, 1.54) is 10.9 Å². The van der Waals surface area contributed by atoms with Crippen LogP contribution >= 0.6 is 20.5 Å². The van der Waals surface area contributed by atoms with Crippen LogP contribution in [0.25, 0.3) is 0 Å². The van der Waals surface area contributed by atoms with Gasteiger partial charge in [-0.05, 0) is 0 Å². The summed E-state index contributed by atoms with van der Waals surface area (Å²) in [5, 5.41) is 30.9. The van der Waals surface area contributed by atoms with Crippen LogP contribution in [0, 0.1) is 0 Å². The molecule has 1 aromatic rings. The SMILES string of the molecule is NC1=NC(O)(S)c2ncn([C@@H]3O[C@H](COP(=O)(O)O)[C@@H](O)[C@H]3O)c2N1. The molecule has 25 heavy (non-hydrogen) atoms. The summed E-state index contributed by atoms with van der Waals surface area (Å²) in [5.41, 5.74) is 5.56. The molecule has 0 bridgehead atoms. The number of aliphatic hydroxyl groups excluding tert-OH is 2. The third kappa shape index (κ3) is 3.53. The van der Waals surface area contributed by atoms with E-state index in [-0.39, 0.29) is 17.5 Å². The fourth-order valence-corrected chi connectivity index (χ4v) is 3.17. The van der Waals surface area contributed by atoms with Gasteiger partial charge in [0, 0.05) is 0 Å². The molecule has 140 valence electrons. The van der Waals surface area contributed by atoms with Gasteiger partial charge in [0.1, 0.15) is 29.8 Å². The van der Waals surface area contributed by atoms with Crippen LogP contribution < -0.4 is 11.1 Å². The molecule has 5 atom stereocenters. The first kappa shape index (κ1) is 18.6. The van der Waals surface area contributed by atoms with Crippen molar-refractivity contribution in [2.45, 2.75) is 29.6 Å². The number of thiol groups is 1. The number of nitrogens with zero attached hydrogens (tertiary/aromatic N) is 3. The first-order chi connectivity index (χ1) is 11.5. The van der Waals surface area contributed by atoms with Gasteiger partial charge in [-0.15, -0.1) is 12.6 Å². The molecule has 2 aliphatic rings. The van der Waals surface area contributed by atoms with Crippen LogP contribution in [-0.2, 0) is 18.9 Å². The van der Waals surface area contributed by atoms with E-state index in [1.54, 1.807) is 0 Å². The lowest BCUT2D eigenvalue weighted by atomic mass is 10.1. The van der Waals surface area contributed by atoms with E-state index < -0.39 is 44.0 Å². The van der Waals surface area contributed by atoms with Gasteiger partial charge in [-0.25, -0.2) is 14.5 Å². The van der Waals surface area contributed by atoms with Crippen LogP contribution in [0.4, 0.5) is 5.82 Å². The number of nitrogens with two attached hydrogens (primary N) is 1. The zero-order chi connectivity index (χ0) is 18.6. The smallest absolute Gasteiger partial charge is 0.387 e. The quantitative estimate of drug-likeness (QED) is 0.150. The summed E-state index contributed by atoms with van der Waals surface area (Å²) in [6, 6.07) is 0. The second-order valence-corrected chi connectivity index (χ2v) is 7.30. The minimum Gasteiger partial charge on any atom is -0.387 e. The number of imidazole rings is 1. The van der Waals surface area contributed by atoms with E-state index in [0.29, 0.717) is 0 Å². The van der Waals surface area contributed by atoms with Crippen molar-refractivity contribution in [2.24, 2.45) is 10.7 Å². The zero-order valence-electron chi connectivity index (χ0n) is 12.4. The number of aliphatic imine (C=N–C) groups is 1. The van der Waals surface area contributed by atoms with Crippen molar-refractivity contribution in [1.29, 1.82) is 0 Å². The first-order valence-corrected chi connectivity index (χ1v) is 8.83. The minimum absolute atomic E-state index is 0.00904. The van der Waals surface area contributed by atoms with Crippen molar-refractivity contribution in [2.75, 3.05) is 11.9 Å². The maximum atomic E-state index is 10.8. The molecule has 3 rings (SSSR count). The molecular weight excluding hydrogens is 381 g/mol. The van der Waals surface area contributed by atoms with Gasteiger partial charge in [0.05, 0.1) is 12.9 Å². The third-order valence-corrected chi connectivity index (χ3v) is 4.45. The van der Waals surface area contributed by atoms with Gasteiger partial charge in [-0.1, -0.05) is 0 Å². The molecular formula is C10H16N5O8PS. The molecule has 1 aromatic heterocycles. The first-order valence-electron chi connectivity index (χ1n) is 6.85. The number of rotatable bonds is 4. The molecule has 3 heterocycles. The zero-order valence-corrected chi connectivity index (χ0v) is 14.2. The highest BCUT2D eigenvalue weighted by atomic mass is 32.1. The van der Waals surface area contributed by atoms with E-state index >= 15 is 0 Å². The number of phosphoric ester groups is 1. The van der Waals surface area contributed by atoms with Crippen molar-refractivity contribution in [1.82, 2.24) is 9.55 Å². The number of aromatic nitrogens is 2. The second-order valence-electron chi connectivity index (χ2n) is 5.44. The number of ether oxygens (including phenoxy) is 1. The third-order valence-electron chi connectivity index (χ3n) is 3.65. The molecule has 0 aromatic carbocycles. The van der Waals surface area contributed by atoms with Crippen molar-refractivity contribution < 1.29 is 38.9 Å².